The lowest BCUT2D eigenvalue weighted by atomic mass is 10.1. The van der Waals surface area contributed by atoms with Crippen LogP contribution in [0.1, 0.15) is 27.9 Å². The quantitative estimate of drug-likeness (QED) is 0.824. The second-order valence-electron chi connectivity index (χ2n) is 7.06. The van der Waals surface area contributed by atoms with Gasteiger partial charge in [0.05, 0.1) is 7.11 Å². The van der Waals surface area contributed by atoms with Crippen molar-refractivity contribution in [1.82, 2.24) is 9.97 Å². The first-order valence-electron chi connectivity index (χ1n) is 8.78. The maximum absolute atomic E-state index is 11.5. The van der Waals surface area contributed by atoms with Gasteiger partial charge in [-0.1, -0.05) is 12.1 Å². The number of hydrogen-bond acceptors (Lipinski definition) is 6. The molecule has 7 heteroatoms. The molecule has 2 aliphatic rings. The maximum atomic E-state index is 11.5. The van der Waals surface area contributed by atoms with Crippen LogP contribution in [0.15, 0.2) is 24.4 Å². The number of methoxy groups -OCH3 is 1. The monoisotopic (exact) mass is 354 g/mol. The molecular formula is C19H22N4O3. The lowest BCUT2D eigenvalue weighted by molar-refractivity contribution is 0.0697. The SMILES string of the molecule is COc1ccc(CNc2nc(N3CC4CC4C3)ncc2C(=O)O)cc1C. The number of nitrogens with zero attached hydrogens (tertiary/aromatic N) is 3. The van der Waals surface area contributed by atoms with E-state index in [1.54, 1.807) is 7.11 Å². The molecule has 0 radical (unpaired) electrons. The highest BCUT2D eigenvalue weighted by molar-refractivity contribution is 5.93. The Hall–Kier alpha value is -2.83. The number of carbonyl (C=O) groups is 1. The number of carboxylic acid groups (broad SMARTS) is 1. The van der Waals surface area contributed by atoms with Crippen molar-refractivity contribution in [3.63, 3.8) is 0 Å². The normalized spacial score (nSPS) is 20.6. The molecule has 2 heterocycles. The molecule has 2 unspecified atom stereocenters. The van der Waals surface area contributed by atoms with Gasteiger partial charge in [0.1, 0.15) is 17.1 Å². The summed E-state index contributed by atoms with van der Waals surface area (Å²) in [6.45, 7) is 4.39. The van der Waals surface area contributed by atoms with Gasteiger partial charge in [-0.15, -0.1) is 0 Å². The van der Waals surface area contributed by atoms with Crippen molar-refractivity contribution in [2.45, 2.75) is 19.9 Å². The molecule has 7 nitrogen and oxygen atoms in total. The second kappa shape index (κ2) is 6.48. The van der Waals surface area contributed by atoms with E-state index < -0.39 is 5.97 Å². The van der Waals surface area contributed by atoms with E-state index in [1.807, 2.05) is 25.1 Å². The van der Waals surface area contributed by atoms with Crippen molar-refractivity contribution in [2.24, 2.45) is 11.8 Å². The molecule has 2 aromatic rings. The lowest BCUT2D eigenvalue weighted by Crippen LogP contribution is -2.25. The van der Waals surface area contributed by atoms with Crippen LogP contribution in [0.5, 0.6) is 5.75 Å². The number of ether oxygens (including phenoxy) is 1. The first-order chi connectivity index (χ1) is 12.5. The van der Waals surface area contributed by atoms with Gasteiger partial charge in [-0.2, -0.15) is 4.98 Å². The third kappa shape index (κ3) is 3.16. The van der Waals surface area contributed by atoms with Gasteiger partial charge in [-0.3, -0.25) is 0 Å². The van der Waals surface area contributed by atoms with E-state index >= 15 is 0 Å². The smallest absolute Gasteiger partial charge is 0.341 e. The molecular weight excluding hydrogens is 332 g/mol. The Kier molecular flexibility index (Phi) is 4.14. The number of rotatable bonds is 6. The molecule has 1 saturated heterocycles. The first-order valence-corrected chi connectivity index (χ1v) is 8.78. The van der Waals surface area contributed by atoms with Gasteiger partial charge in [-0.25, -0.2) is 9.78 Å². The largest absolute Gasteiger partial charge is 0.496 e. The van der Waals surface area contributed by atoms with E-state index in [-0.39, 0.29) is 5.56 Å². The third-order valence-corrected chi connectivity index (χ3v) is 5.19. The molecule has 1 aliphatic carbocycles. The maximum Gasteiger partial charge on any atom is 0.341 e. The number of piperidine rings is 1. The number of nitrogens with one attached hydrogen (secondary N) is 1. The average Bonchev–Trinajstić information content (AvgIpc) is 3.25. The number of benzene rings is 1. The van der Waals surface area contributed by atoms with Gasteiger partial charge < -0.3 is 20.1 Å². The van der Waals surface area contributed by atoms with Crippen molar-refractivity contribution in [1.29, 1.82) is 0 Å². The van der Waals surface area contributed by atoms with Crippen LogP contribution in [0.25, 0.3) is 0 Å². The predicted molar refractivity (Wildman–Crippen MR) is 97.9 cm³/mol. The Morgan fingerprint density at radius 2 is 2.15 bits per heavy atom. The van der Waals surface area contributed by atoms with Gasteiger partial charge in [0.15, 0.2) is 0 Å². The summed E-state index contributed by atoms with van der Waals surface area (Å²) in [5.74, 6) is 2.28. The first kappa shape index (κ1) is 16.6. The summed E-state index contributed by atoms with van der Waals surface area (Å²) >= 11 is 0. The molecule has 0 amide bonds. The summed E-state index contributed by atoms with van der Waals surface area (Å²) in [5.41, 5.74) is 2.15. The summed E-state index contributed by atoms with van der Waals surface area (Å²) in [6, 6.07) is 5.88. The summed E-state index contributed by atoms with van der Waals surface area (Å²) in [4.78, 5) is 22.4. The fourth-order valence-electron chi connectivity index (χ4n) is 3.61. The van der Waals surface area contributed by atoms with Crippen LogP contribution >= 0.6 is 0 Å². The van der Waals surface area contributed by atoms with Crippen molar-refractivity contribution < 1.29 is 14.6 Å². The number of aromatic carboxylic acids is 1. The molecule has 26 heavy (non-hydrogen) atoms. The van der Waals surface area contributed by atoms with Crippen LogP contribution < -0.4 is 15.0 Å². The topological polar surface area (TPSA) is 87.6 Å². The Labute approximate surface area is 152 Å². The van der Waals surface area contributed by atoms with Gasteiger partial charge in [0, 0.05) is 25.8 Å². The zero-order chi connectivity index (χ0) is 18.3. The van der Waals surface area contributed by atoms with Crippen molar-refractivity contribution >= 4 is 17.7 Å². The van der Waals surface area contributed by atoms with E-state index in [1.165, 1.54) is 12.6 Å². The zero-order valence-corrected chi connectivity index (χ0v) is 14.9. The molecule has 2 atom stereocenters. The minimum atomic E-state index is -1.03. The summed E-state index contributed by atoms with van der Waals surface area (Å²) in [7, 11) is 1.64. The van der Waals surface area contributed by atoms with Gasteiger partial charge >= 0.3 is 5.97 Å². The number of anilines is 2. The molecule has 2 fully saturated rings. The van der Waals surface area contributed by atoms with Crippen LogP contribution in [0.4, 0.5) is 11.8 Å². The van der Waals surface area contributed by atoms with E-state index in [0.29, 0.717) is 18.3 Å². The predicted octanol–water partition coefficient (Wildman–Crippen LogP) is 2.56. The number of fused-ring (bicyclic) bond motifs is 1. The highest BCUT2D eigenvalue weighted by Crippen LogP contribution is 2.45. The molecule has 1 aromatic heterocycles. The fraction of sp³-hybridized carbons (Fsp3) is 0.421. The molecule has 0 bridgehead atoms. The Balaban J connectivity index is 1.53. The Morgan fingerprint density at radius 3 is 2.81 bits per heavy atom. The fourth-order valence-corrected chi connectivity index (χ4v) is 3.61. The third-order valence-electron chi connectivity index (χ3n) is 5.19. The summed E-state index contributed by atoms with van der Waals surface area (Å²) in [5, 5.41) is 12.6. The number of aryl methyl sites for hydroxylation is 1. The second-order valence-corrected chi connectivity index (χ2v) is 7.06. The highest BCUT2D eigenvalue weighted by Gasteiger charge is 2.45. The van der Waals surface area contributed by atoms with E-state index in [2.05, 4.69) is 20.2 Å². The van der Waals surface area contributed by atoms with Crippen molar-refractivity contribution in [2.75, 3.05) is 30.4 Å². The van der Waals surface area contributed by atoms with Gasteiger partial charge in [0.2, 0.25) is 5.95 Å². The minimum absolute atomic E-state index is 0.0864. The summed E-state index contributed by atoms with van der Waals surface area (Å²) in [6.07, 6.45) is 2.70. The molecule has 2 N–H and O–H groups in total. The number of carboxylic acids is 1. The number of aromatic nitrogens is 2. The van der Waals surface area contributed by atoms with Crippen molar-refractivity contribution in [3.05, 3.63) is 41.1 Å². The van der Waals surface area contributed by atoms with Crippen molar-refractivity contribution in [3.8, 4) is 5.75 Å². The molecule has 1 aromatic carbocycles. The highest BCUT2D eigenvalue weighted by atomic mass is 16.5. The van der Waals surface area contributed by atoms with Crippen LogP contribution in [-0.2, 0) is 6.54 Å². The molecule has 4 rings (SSSR count). The Bertz CT molecular complexity index is 845. The van der Waals surface area contributed by atoms with Crippen LogP contribution in [0.3, 0.4) is 0 Å². The minimum Gasteiger partial charge on any atom is -0.496 e. The lowest BCUT2D eigenvalue weighted by Gasteiger charge is -2.19. The molecule has 1 aliphatic heterocycles. The van der Waals surface area contributed by atoms with Gasteiger partial charge in [0.25, 0.3) is 0 Å². The van der Waals surface area contributed by atoms with Crippen LogP contribution in [-0.4, -0.2) is 41.2 Å². The molecule has 136 valence electrons. The molecule has 0 spiro atoms. The summed E-state index contributed by atoms with van der Waals surface area (Å²) < 4.78 is 5.27. The Morgan fingerprint density at radius 1 is 1.38 bits per heavy atom. The van der Waals surface area contributed by atoms with Crippen LogP contribution in [0.2, 0.25) is 0 Å². The average molecular weight is 354 g/mol. The van der Waals surface area contributed by atoms with E-state index in [4.69, 9.17) is 4.74 Å². The standard InChI is InChI=1S/C19H22N4O3/c1-11-5-12(3-4-16(11)26-2)7-20-17-15(18(24)25)8-21-19(22-17)23-9-13-6-14(13)10-23/h3-5,8,13-14H,6-7,9-10H2,1-2H3,(H,24,25)(H,20,21,22). The van der Waals surface area contributed by atoms with E-state index in [0.717, 1.165) is 41.8 Å². The van der Waals surface area contributed by atoms with E-state index in [9.17, 15) is 9.90 Å². The molecule has 1 saturated carbocycles. The van der Waals surface area contributed by atoms with Gasteiger partial charge in [-0.05, 0) is 42.4 Å². The van der Waals surface area contributed by atoms with Crippen LogP contribution in [0, 0.1) is 18.8 Å². The zero-order valence-electron chi connectivity index (χ0n) is 14.9. The number of hydrogen-bond donors (Lipinski definition) is 2.